The van der Waals surface area contributed by atoms with E-state index < -0.39 is 29.3 Å². The van der Waals surface area contributed by atoms with Crippen molar-refractivity contribution in [3.63, 3.8) is 0 Å². The second-order valence-corrected chi connectivity index (χ2v) is 8.93. The summed E-state index contributed by atoms with van der Waals surface area (Å²) in [4.78, 5) is 29.7. The van der Waals surface area contributed by atoms with Crippen LogP contribution < -0.4 is 0 Å². The zero-order valence-electron chi connectivity index (χ0n) is 17.8. The van der Waals surface area contributed by atoms with Gasteiger partial charge in [0.25, 0.3) is 11.7 Å². The van der Waals surface area contributed by atoms with Crippen LogP contribution in [0.5, 0.6) is 5.75 Å². The van der Waals surface area contributed by atoms with Gasteiger partial charge in [0.15, 0.2) is 0 Å². The summed E-state index contributed by atoms with van der Waals surface area (Å²) in [6, 6.07) is 9.04. The second-order valence-electron chi connectivity index (χ2n) is 8.01. The minimum absolute atomic E-state index is 0.0304. The van der Waals surface area contributed by atoms with Crippen LogP contribution in [0.4, 0.5) is 4.39 Å². The Morgan fingerprint density at radius 2 is 1.79 bits per heavy atom. The molecule has 33 heavy (non-hydrogen) atoms. The van der Waals surface area contributed by atoms with E-state index in [1.165, 1.54) is 41.3 Å². The zero-order chi connectivity index (χ0) is 23.5. The normalized spacial score (nSPS) is 21.0. The van der Waals surface area contributed by atoms with Crippen molar-refractivity contribution in [2.24, 2.45) is 0 Å². The maximum atomic E-state index is 13.6. The standard InChI is InChI=1S/C24H24BrFN2O5/c25-16-4-7-19(29)18(14-16)22(30)20-21(15-2-5-17(26)6-3-15)28(24(32)23(20)31)9-1-8-27-10-12-33-13-11-27/h2-7,14,21,29-30H,1,8-13H2/b22-20+. The Morgan fingerprint density at radius 1 is 1.09 bits per heavy atom. The number of halogens is 2. The van der Waals surface area contributed by atoms with Gasteiger partial charge in [-0.3, -0.25) is 14.5 Å². The lowest BCUT2D eigenvalue weighted by Gasteiger charge is -2.29. The first-order valence-electron chi connectivity index (χ1n) is 10.7. The maximum Gasteiger partial charge on any atom is 0.295 e. The van der Waals surface area contributed by atoms with Crippen LogP contribution in [-0.2, 0) is 14.3 Å². The number of ether oxygens (including phenoxy) is 1. The highest BCUT2D eigenvalue weighted by Gasteiger charge is 2.46. The molecule has 2 fully saturated rings. The molecule has 0 spiro atoms. The van der Waals surface area contributed by atoms with Crippen molar-refractivity contribution in [2.45, 2.75) is 12.5 Å². The molecule has 0 aromatic heterocycles. The van der Waals surface area contributed by atoms with Crippen molar-refractivity contribution >= 4 is 33.4 Å². The smallest absolute Gasteiger partial charge is 0.295 e. The monoisotopic (exact) mass is 518 g/mol. The Hall–Kier alpha value is -2.75. The van der Waals surface area contributed by atoms with Gasteiger partial charge < -0.3 is 19.8 Å². The predicted molar refractivity (Wildman–Crippen MR) is 123 cm³/mol. The zero-order valence-corrected chi connectivity index (χ0v) is 19.4. The molecule has 2 N–H and O–H groups in total. The fourth-order valence-corrected chi connectivity index (χ4v) is 4.60. The highest BCUT2D eigenvalue weighted by atomic mass is 79.9. The first-order chi connectivity index (χ1) is 15.9. The molecule has 2 aromatic carbocycles. The summed E-state index contributed by atoms with van der Waals surface area (Å²) >= 11 is 3.29. The molecule has 2 saturated heterocycles. The number of likely N-dealkylation sites (tertiary alicyclic amines) is 1. The molecule has 4 rings (SSSR count). The van der Waals surface area contributed by atoms with E-state index in [0.29, 0.717) is 29.7 Å². The van der Waals surface area contributed by atoms with E-state index in [2.05, 4.69) is 20.8 Å². The molecule has 0 bridgehead atoms. The molecule has 2 aromatic rings. The minimum atomic E-state index is -0.895. The van der Waals surface area contributed by atoms with Crippen LogP contribution in [0.3, 0.4) is 0 Å². The largest absolute Gasteiger partial charge is 0.507 e. The van der Waals surface area contributed by atoms with Gasteiger partial charge in [0.05, 0.1) is 30.4 Å². The summed E-state index contributed by atoms with van der Waals surface area (Å²) in [7, 11) is 0. The average Bonchev–Trinajstić information content (AvgIpc) is 3.06. The molecule has 9 heteroatoms. The second kappa shape index (κ2) is 10.0. The van der Waals surface area contributed by atoms with Crippen LogP contribution in [0.2, 0.25) is 0 Å². The molecule has 0 aliphatic carbocycles. The molecule has 2 aliphatic heterocycles. The number of nitrogens with zero attached hydrogens (tertiary/aromatic N) is 2. The quantitative estimate of drug-likeness (QED) is 0.346. The van der Waals surface area contributed by atoms with Crippen LogP contribution in [-0.4, -0.2) is 71.1 Å². The summed E-state index contributed by atoms with van der Waals surface area (Å²) in [5.74, 6) is -2.73. The van der Waals surface area contributed by atoms with Gasteiger partial charge in [-0.05, 0) is 42.3 Å². The Kier molecular flexibility index (Phi) is 7.11. The van der Waals surface area contributed by atoms with Gasteiger partial charge in [-0.25, -0.2) is 4.39 Å². The first-order valence-corrected chi connectivity index (χ1v) is 11.5. The number of aliphatic hydroxyl groups is 1. The molecule has 1 amide bonds. The predicted octanol–water partition coefficient (Wildman–Crippen LogP) is 3.44. The number of hydrogen-bond donors (Lipinski definition) is 2. The number of phenols is 1. The van der Waals surface area contributed by atoms with Gasteiger partial charge in [0.2, 0.25) is 0 Å². The van der Waals surface area contributed by atoms with Gasteiger partial charge in [-0.15, -0.1) is 0 Å². The lowest BCUT2D eigenvalue weighted by molar-refractivity contribution is -0.140. The molecular weight excluding hydrogens is 495 g/mol. The molecule has 1 unspecified atom stereocenters. The Bertz CT molecular complexity index is 1080. The molecule has 1 atom stereocenters. The molecule has 174 valence electrons. The third-order valence-corrected chi connectivity index (χ3v) is 6.41. The van der Waals surface area contributed by atoms with Crippen LogP contribution in [0.15, 0.2) is 52.5 Å². The lowest BCUT2D eigenvalue weighted by atomic mass is 9.95. The highest BCUT2D eigenvalue weighted by Crippen LogP contribution is 2.41. The van der Waals surface area contributed by atoms with Crippen LogP contribution in [0.25, 0.3) is 5.76 Å². The van der Waals surface area contributed by atoms with Gasteiger partial charge in [0, 0.05) is 30.7 Å². The average molecular weight is 519 g/mol. The fraction of sp³-hybridized carbons (Fsp3) is 0.333. The van der Waals surface area contributed by atoms with E-state index in [0.717, 1.165) is 19.6 Å². The van der Waals surface area contributed by atoms with Gasteiger partial charge in [-0.2, -0.15) is 0 Å². The molecule has 7 nitrogen and oxygen atoms in total. The summed E-state index contributed by atoms with van der Waals surface area (Å²) < 4.78 is 19.5. The molecule has 2 aliphatic rings. The fourth-order valence-electron chi connectivity index (χ4n) is 4.23. The van der Waals surface area contributed by atoms with Gasteiger partial charge in [-0.1, -0.05) is 28.1 Å². The van der Waals surface area contributed by atoms with Crippen molar-refractivity contribution in [1.29, 1.82) is 0 Å². The van der Waals surface area contributed by atoms with E-state index in [1.807, 2.05) is 0 Å². The number of aromatic hydroxyl groups is 1. The summed E-state index contributed by atoms with van der Waals surface area (Å²) in [6.07, 6.45) is 0.618. The van der Waals surface area contributed by atoms with Gasteiger partial charge >= 0.3 is 0 Å². The third-order valence-electron chi connectivity index (χ3n) is 5.92. The Balaban J connectivity index is 1.70. The number of rotatable bonds is 6. The van der Waals surface area contributed by atoms with Crippen molar-refractivity contribution < 1.29 is 28.9 Å². The number of Topliss-reactive ketones (excluding diaryl/α,β-unsaturated/α-hetero) is 1. The number of aliphatic hydroxyl groups excluding tert-OH is 1. The van der Waals surface area contributed by atoms with Crippen LogP contribution in [0.1, 0.15) is 23.6 Å². The van der Waals surface area contributed by atoms with E-state index in [1.54, 1.807) is 6.07 Å². The number of carbonyl (C=O) groups is 2. The number of ketones is 1. The molecule has 0 saturated carbocycles. The third kappa shape index (κ3) is 4.95. The highest BCUT2D eigenvalue weighted by molar-refractivity contribution is 9.10. The summed E-state index contributed by atoms with van der Waals surface area (Å²) in [6.45, 7) is 3.96. The maximum absolute atomic E-state index is 13.6. The minimum Gasteiger partial charge on any atom is -0.507 e. The SMILES string of the molecule is O=C1C(=O)N(CCCN2CCOCC2)C(c2ccc(F)cc2)/C1=C(\O)c1cc(Br)ccc1O. The van der Waals surface area contributed by atoms with Crippen LogP contribution in [0, 0.1) is 5.82 Å². The van der Waals surface area contributed by atoms with Crippen molar-refractivity contribution in [1.82, 2.24) is 9.80 Å². The number of morpholine rings is 1. The summed E-state index contributed by atoms with van der Waals surface area (Å²) in [5, 5.41) is 21.3. The van der Waals surface area contributed by atoms with E-state index >= 15 is 0 Å². The number of amides is 1. The molecule has 2 heterocycles. The van der Waals surface area contributed by atoms with Crippen molar-refractivity contribution in [2.75, 3.05) is 39.4 Å². The number of phenolic OH excluding ortho intramolecular Hbond substituents is 1. The number of hydrogen-bond acceptors (Lipinski definition) is 6. The molecular formula is C24H24BrFN2O5. The van der Waals surface area contributed by atoms with Crippen molar-refractivity contribution in [3.05, 3.63) is 69.5 Å². The van der Waals surface area contributed by atoms with Crippen LogP contribution >= 0.6 is 15.9 Å². The van der Waals surface area contributed by atoms with E-state index in [9.17, 15) is 24.2 Å². The Morgan fingerprint density at radius 3 is 2.48 bits per heavy atom. The topological polar surface area (TPSA) is 90.3 Å². The van der Waals surface area contributed by atoms with E-state index in [4.69, 9.17) is 4.74 Å². The summed E-state index contributed by atoms with van der Waals surface area (Å²) in [5.41, 5.74) is 0.396. The number of benzene rings is 2. The lowest BCUT2D eigenvalue weighted by Crippen LogP contribution is -2.38. The van der Waals surface area contributed by atoms with Crippen molar-refractivity contribution in [3.8, 4) is 5.75 Å². The number of carbonyl (C=O) groups excluding carboxylic acids is 2. The Labute approximate surface area is 199 Å². The van der Waals surface area contributed by atoms with E-state index in [-0.39, 0.29) is 23.4 Å². The van der Waals surface area contributed by atoms with Gasteiger partial charge in [0.1, 0.15) is 17.3 Å². The first kappa shape index (κ1) is 23.4. The molecule has 0 radical (unpaired) electrons.